The van der Waals surface area contributed by atoms with Gasteiger partial charge < -0.3 is 4.74 Å². The summed E-state index contributed by atoms with van der Waals surface area (Å²) in [6.07, 6.45) is 7.53. The van der Waals surface area contributed by atoms with E-state index in [1.165, 1.54) is 0 Å². The number of carbonyl (C=O) groups is 3. The highest BCUT2D eigenvalue weighted by atomic mass is 16.5. The number of hydrogen-bond acceptors (Lipinski definition) is 4. The van der Waals surface area contributed by atoms with E-state index in [0.717, 1.165) is 19.3 Å². The monoisotopic (exact) mass is 434 g/mol. The number of ether oxygens (including phenoxy) is 1. The van der Waals surface area contributed by atoms with Crippen LogP contribution in [0.15, 0.2) is 42.5 Å². The molecular weight excluding hydrogens is 400 g/mol. The molecule has 4 nitrogen and oxygen atoms in total. The van der Waals surface area contributed by atoms with Crippen molar-refractivity contribution in [3.63, 3.8) is 0 Å². The molecule has 0 unspecified atom stereocenters. The van der Waals surface area contributed by atoms with Crippen molar-refractivity contribution in [3.8, 4) is 0 Å². The van der Waals surface area contributed by atoms with Gasteiger partial charge in [-0.2, -0.15) is 0 Å². The molecule has 1 aromatic rings. The zero-order valence-corrected chi connectivity index (χ0v) is 19.6. The van der Waals surface area contributed by atoms with E-state index in [0.29, 0.717) is 12.0 Å². The van der Waals surface area contributed by atoms with Gasteiger partial charge in [-0.25, -0.2) is 0 Å². The third-order valence-electron chi connectivity index (χ3n) is 10.1. The van der Waals surface area contributed by atoms with Gasteiger partial charge in [0.25, 0.3) is 0 Å². The molecule has 1 aliphatic heterocycles. The van der Waals surface area contributed by atoms with Crippen LogP contribution in [0.4, 0.5) is 0 Å². The van der Waals surface area contributed by atoms with Gasteiger partial charge in [0, 0.05) is 22.3 Å². The van der Waals surface area contributed by atoms with Gasteiger partial charge in [0.2, 0.25) is 0 Å². The summed E-state index contributed by atoms with van der Waals surface area (Å²) in [6, 6.07) is 9.45. The smallest absolute Gasteiger partial charge is 0.306 e. The molecule has 0 radical (unpaired) electrons. The lowest BCUT2D eigenvalue weighted by molar-refractivity contribution is -0.190. The van der Waals surface area contributed by atoms with Crippen LogP contribution in [-0.2, 0) is 14.3 Å². The lowest BCUT2D eigenvalue weighted by Gasteiger charge is -2.67. The van der Waals surface area contributed by atoms with Gasteiger partial charge >= 0.3 is 5.97 Å². The van der Waals surface area contributed by atoms with E-state index in [4.69, 9.17) is 4.74 Å². The SMILES string of the molecule is CC1(C)C=CC(=O)[C@]2(C)[C@H]3CC[C@H](C(=O)c4ccccc4)[C@]4(COC(=O)C4)[C@]3(C)CC[C@@H]12. The van der Waals surface area contributed by atoms with Gasteiger partial charge in [-0.15, -0.1) is 0 Å². The second-order valence-electron chi connectivity index (χ2n) is 11.7. The third kappa shape index (κ3) is 2.64. The zero-order chi connectivity index (χ0) is 22.9. The second-order valence-corrected chi connectivity index (χ2v) is 11.7. The quantitative estimate of drug-likeness (QED) is 0.461. The molecule has 3 aliphatic carbocycles. The van der Waals surface area contributed by atoms with E-state index in [-0.39, 0.29) is 59.1 Å². The van der Waals surface area contributed by atoms with E-state index in [1.54, 1.807) is 6.08 Å². The molecule has 6 atom stereocenters. The van der Waals surface area contributed by atoms with Crippen molar-refractivity contribution in [3.05, 3.63) is 48.0 Å². The van der Waals surface area contributed by atoms with Crippen LogP contribution >= 0.6 is 0 Å². The van der Waals surface area contributed by atoms with Crippen molar-refractivity contribution in [2.45, 2.75) is 59.8 Å². The summed E-state index contributed by atoms with van der Waals surface area (Å²) in [7, 11) is 0. The molecule has 0 aromatic heterocycles. The van der Waals surface area contributed by atoms with Crippen molar-refractivity contribution >= 4 is 17.5 Å². The molecule has 5 rings (SSSR count). The summed E-state index contributed by atoms with van der Waals surface area (Å²) < 4.78 is 5.62. The Labute approximate surface area is 190 Å². The summed E-state index contributed by atoms with van der Waals surface area (Å²) in [5.41, 5.74) is -0.690. The normalized spacial score (nSPS) is 42.3. The Kier molecular flexibility index (Phi) is 4.65. The molecule has 1 saturated heterocycles. The number of Topliss-reactive ketones (excluding diaryl/α,β-unsaturated/α-hetero) is 1. The van der Waals surface area contributed by atoms with Crippen molar-refractivity contribution in [1.29, 1.82) is 0 Å². The molecule has 2 saturated carbocycles. The second kappa shape index (κ2) is 6.88. The molecule has 1 aromatic carbocycles. The minimum atomic E-state index is -0.556. The first-order valence-electron chi connectivity index (χ1n) is 12.0. The molecule has 4 heteroatoms. The highest BCUT2D eigenvalue weighted by Gasteiger charge is 2.71. The van der Waals surface area contributed by atoms with Gasteiger partial charge in [0.15, 0.2) is 11.6 Å². The Hall–Kier alpha value is -2.23. The average molecular weight is 435 g/mol. The maximum Gasteiger partial charge on any atom is 0.306 e. The number of benzene rings is 1. The van der Waals surface area contributed by atoms with Crippen LogP contribution in [0, 0.1) is 39.4 Å². The topological polar surface area (TPSA) is 60.4 Å². The maximum absolute atomic E-state index is 13.8. The number of carbonyl (C=O) groups excluding carboxylic acids is 3. The lowest BCUT2D eigenvalue weighted by atomic mass is 9.35. The average Bonchev–Trinajstić information content (AvgIpc) is 3.15. The zero-order valence-electron chi connectivity index (χ0n) is 19.6. The highest BCUT2D eigenvalue weighted by molar-refractivity contribution is 5.99. The fourth-order valence-electron chi connectivity index (χ4n) is 8.46. The fourth-order valence-corrected chi connectivity index (χ4v) is 8.46. The number of ketones is 2. The number of cyclic esters (lactones) is 1. The number of fused-ring (bicyclic) bond motifs is 4. The first kappa shape index (κ1) is 21.6. The summed E-state index contributed by atoms with van der Waals surface area (Å²) in [4.78, 5) is 39.8. The molecule has 4 aliphatic rings. The molecule has 3 fully saturated rings. The number of hydrogen-bond donors (Lipinski definition) is 0. The van der Waals surface area contributed by atoms with Crippen LogP contribution in [0.3, 0.4) is 0 Å². The Morgan fingerprint density at radius 2 is 1.69 bits per heavy atom. The van der Waals surface area contributed by atoms with Gasteiger partial charge in [-0.1, -0.05) is 64.1 Å². The molecular formula is C28H34O4. The van der Waals surface area contributed by atoms with Crippen molar-refractivity contribution in [1.82, 2.24) is 0 Å². The Morgan fingerprint density at radius 1 is 0.969 bits per heavy atom. The largest absolute Gasteiger partial charge is 0.465 e. The Balaban J connectivity index is 1.62. The van der Waals surface area contributed by atoms with Crippen LogP contribution in [0.25, 0.3) is 0 Å². The molecule has 32 heavy (non-hydrogen) atoms. The van der Waals surface area contributed by atoms with E-state index < -0.39 is 10.8 Å². The summed E-state index contributed by atoms with van der Waals surface area (Å²) in [5, 5.41) is 0. The van der Waals surface area contributed by atoms with Gasteiger partial charge in [-0.3, -0.25) is 14.4 Å². The minimum Gasteiger partial charge on any atom is -0.465 e. The van der Waals surface area contributed by atoms with Crippen LogP contribution in [0.5, 0.6) is 0 Å². The maximum atomic E-state index is 13.8. The predicted molar refractivity (Wildman–Crippen MR) is 122 cm³/mol. The lowest BCUT2D eigenvalue weighted by Crippen LogP contribution is -2.66. The molecule has 170 valence electrons. The van der Waals surface area contributed by atoms with Gasteiger partial charge in [0.1, 0.15) is 0 Å². The molecule has 0 N–H and O–H groups in total. The minimum absolute atomic E-state index is 0.0458. The molecule has 0 amide bonds. The van der Waals surface area contributed by atoms with E-state index >= 15 is 0 Å². The third-order valence-corrected chi connectivity index (χ3v) is 10.1. The fraction of sp³-hybridized carbons (Fsp3) is 0.607. The first-order chi connectivity index (χ1) is 15.1. The predicted octanol–water partition coefficient (Wildman–Crippen LogP) is 5.42. The standard InChI is InChI=1S/C28H34O4/c1-25(2)14-13-22(29)27(4)20(25)12-15-26(3)21(27)11-10-19(28(26)16-23(30)32-17-28)24(31)18-8-6-5-7-9-18/h5-9,13-14,19-21H,10-12,15-17H2,1-4H3/t19-,20+,21+,26-,27+,28+/m1/s1. The number of esters is 1. The summed E-state index contributed by atoms with van der Waals surface area (Å²) in [5.74, 6) is 0.249. The van der Waals surface area contributed by atoms with Crippen LogP contribution in [0.2, 0.25) is 0 Å². The first-order valence-corrected chi connectivity index (χ1v) is 12.0. The molecule has 1 heterocycles. The number of allylic oxidation sites excluding steroid dienone is 2. The molecule has 0 bridgehead atoms. The highest BCUT2D eigenvalue weighted by Crippen LogP contribution is 2.72. The summed E-state index contributed by atoms with van der Waals surface area (Å²) >= 11 is 0. The Bertz CT molecular complexity index is 1010. The van der Waals surface area contributed by atoms with E-state index in [1.807, 2.05) is 30.3 Å². The van der Waals surface area contributed by atoms with Gasteiger partial charge in [-0.05, 0) is 54.4 Å². The van der Waals surface area contributed by atoms with Crippen molar-refractivity contribution in [2.24, 2.45) is 39.4 Å². The van der Waals surface area contributed by atoms with Crippen LogP contribution in [-0.4, -0.2) is 24.1 Å². The van der Waals surface area contributed by atoms with E-state index in [2.05, 4.69) is 33.8 Å². The van der Waals surface area contributed by atoms with Crippen molar-refractivity contribution in [2.75, 3.05) is 6.61 Å². The Morgan fingerprint density at radius 3 is 2.34 bits per heavy atom. The molecule has 1 spiro atoms. The number of rotatable bonds is 2. The van der Waals surface area contributed by atoms with Crippen LogP contribution in [0.1, 0.15) is 70.2 Å². The van der Waals surface area contributed by atoms with Crippen molar-refractivity contribution < 1.29 is 19.1 Å². The summed E-state index contributed by atoms with van der Waals surface area (Å²) in [6.45, 7) is 9.19. The van der Waals surface area contributed by atoms with Gasteiger partial charge in [0.05, 0.1) is 13.0 Å². The van der Waals surface area contributed by atoms with E-state index in [9.17, 15) is 14.4 Å². The van der Waals surface area contributed by atoms with Crippen LogP contribution < -0.4 is 0 Å².